The number of carbonyl (C=O) groups excluding carboxylic acids is 4. The molecule has 3 aromatic carbocycles. The lowest BCUT2D eigenvalue weighted by atomic mass is 9.94. The normalized spacial score (nSPS) is 11.8. The summed E-state index contributed by atoms with van der Waals surface area (Å²) >= 11 is 0. The largest absolute Gasteiger partial charge is 0.419 e. The van der Waals surface area contributed by atoms with Crippen molar-refractivity contribution in [2.24, 2.45) is 0 Å². The first kappa shape index (κ1) is 36.8. The summed E-state index contributed by atoms with van der Waals surface area (Å²) in [6.07, 6.45) is -1.87. The molecule has 3 aromatic rings. The van der Waals surface area contributed by atoms with Crippen LogP contribution in [-0.2, 0) is 25.4 Å². The van der Waals surface area contributed by atoms with Gasteiger partial charge in [0, 0.05) is 22.3 Å². The van der Waals surface area contributed by atoms with Gasteiger partial charge in [0.25, 0.3) is 0 Å². The van der Waals surface area contributed by atoms with Gasteiger partial charge in [0.05, 0.1) is 5.56 Å². The average molecular weight is 663 g/mol. The third-order valence-corrected chi connectivity index (χ3v) is 6.87. The summed E-state index contributed by atoms with van der Waals surface area (Å²) in [6.45, 7) is 16.1. The molecule has 0 aromatic heterocycles. The van der Waals surface area contributed by atoms with Crippen LogP contribution >= 0.6 is 0 Å². The van der Waals surface area contributed by atoms with Crippen LogP contribution in [0.25, 0.3) is 22.3 Å². The van der Waals surface area contributed by atoms with E-state index in [4.69, 9.17) is 18.9 Å². The fraction of sp³-hybridized carbons (Fsp3) is 0.189. The molecule has 250 valence electrons. The predicted molar refractivity (Wildman–Crippen MR) is 173 cm³/mol. The molecule has 0 saturated carbocycles. The van der Waals surface area contributed by atoms with E-state index in [1.54, 1.807) is 13.8 Å². The van der Waals surface area contributed by atoms with Gasteiger partial charge in [-0.05, 0) is 94.1 Å². The molecule has 0 fully saturated rings. The standard InChI is InChI=1S/C37H33F3O8/c1-9-22(7)35(43)47-31-18-25(12-15-29(31)45-33(41)20(3)4)24-11-14-27(28(17-24)37(38,39)40)26-13-16-30(46-34(42)21(5)6)32(19-26)48-36(44)23(8)10-2/h9-19H,3,5H2,1-2,4,6-8H3/b22-9+,23-10+. The minimum atomic E-state index is -4.86. The predicted octanol–water partition coefficient (Wildman–Crippen LogP) is 8.75. The first-order valence-corrected chi connectivity index (χ1v) is 14.4. The van der Waals surface area contributed by atoms with Crippen molar-refractivity contribution in [3.8, 4) is 45.3 Å². The van der Waals surface area contributed by atoms with Gasteiger partial charge in [-0.1, -0.05) is 49.6 Å². The van der Waals surface area contributed by atoms with Gasteiger partial charge < -0.3 is 18.9 Å². The van der Waals surface area contributed by atoms with Crippen molar-refractivity contribution in [1.29, 1.82) is 0 Å². The van der Waals surface area contributed by atoms with Crippen LogP contribution in [0.3, 0.4) is 0 Å². The Morgan fingerprint density at radius 1 is 0.562 bits per heavy atom. The molecule has 0 atom stereocenters. The van der Waals surface area contributed by atoms with Crippen molar-refractivity contribution in [3.63, 3.8) is 0 Å². The van der Waals surface area contributed by atoms with E-state index in [1.807, 2.05) is 0 Å². The maximum Gasteiger partial charge on any atom is 0.417 e. The molecule has 0 saturated heterocycles. The zero-order valence-corrected chi connectivity index (χ0v) is 27.2. The van der Waals surface area contributed by atoms with Crippen LogP contribution in [0.1, 0.15) is 47.1 Å². The molecule has 0 amide bonds. The second-order valence-corrected chi connectivity index (χ2v) is 10.6. The van der Waals surface area contributed by atoms with E-state index in [-0.39, 0.29) is 67.5 Å². The highest BCUT2D eigenvalue weighted by Gasteiger charge is 2.34. The molecule has 0 unspecified atom stereocenters. The Kier molecular flexibility index (Phi) is 11.7. The van der Waals surface area contributed by atoms with Crippen molar-refractivity contribution in [2.75, 3.05) is 0 Å². The van der Waals surface area contributed by atoms with Crippen LogP contribution in [0, 0.1) is 0 Å². The summed E-state index contributed by atoms with van der Waals surface area (Å²) < 4.78 is 65.1. The van der Waals surface area contributed by atoms with E-state index < -0.39 is 35.6 Å². The summed E-state index contributed by atoms with van der Waals surface area (Å²) in [7, 11) is 0. The lowest BCUT2D eigenvalue weighted by Gasteiger charge is -2.18. The number of benzene rings is 3. The summed E-state index contributed by atoms with van der Waals surface area (Å²) in [5.41, 5.74) is -0.439. The van der Waals surface area contributed by atoms with Crippen LogP contribution in [0.4, 0.5) is 13.2 Å². The van der Waals surface area contributed by atoms with Crippen molar-refractivity contribution >= 4 is 23.9 Å². The molecule has 3 rings (SSSR count). The number of alkyl halides is 3. The Balaban J connectivity index is 2.18. The maximum absolute atomic E-state index is 14.6. The minimum Gasteiger partial charge on any atom is -0.419 e. The number of allylic oxidation sites excluding steroid dienone is 2. The minimum absolute atomic E-state index is 0.00318. The molecule has 11 heteroatoms. The van der Waals surface area contributed by atoms with Gasteiger partial charge in [-0.15, -0.1) is 0 Å². The molecule has 0 aliphatic rings. The van der Waals surface area contributed by atoms with E-state index in [2.05, 4.69) is 13.2 Å². The third kappa shape index (κ3) is 8.97. The lowest BCUT2D eigenvalue weighted by Crippen LogP contribution is -2.13. The molecule has 0 bridgehead atoms. The molecule has 0 aliphatic heterocycles. The van der Waals surface area contributed by atoms with Crippen LogP contribution in [0.2, 0.25) is 0 Å². The topological polar surface area (TPSA) is 105 Å². The van der Waals surface area contributed by atoms with Gasteiger partial charge in [0.1, 0.15) is 0 Å². The quantitative estimate of drug-likeness (QED) is 0.121. The molecule has 0 aliphatic carbocycles. The number of halogens is 3. The van der Waals surface area contributed by atoms with Gasteiger partial charge in [-0.25, -0.2) is 19.2 Å². The van der Waals surface area contributed by atoms with Gasteiger partial charge in [-0.3, -0.25) is 0 Å². The van der Waals surface area contributed by atoms with E-state index >= 15 is 0 Å². The maximum atomic E-state index is 14.6. The van der Waals surface area contributed by atoms with Crippen LogP contribution in [0.5, 0.6) is 23.0 Å². The van der Waals surface area contributed by atoms with Crippen molar-refractivity contribution in [2.45, 2.75) is 47.7 Å². The van der Waals surface area contributed by atoms with E-state index in [1.165, 1.54) is 82.3 Å². The van der Waals surface area contributed by atoms with Crippen LogP contribution in [-0.4, -0.2) is 23.9 Å². The Hall–Kier alpha value is -5.71. The SMILES string of the molecule is C=C(C)C(=O)Oc1ccc(-c2ccc(-c3ccc(OC(=O)C(=C)C)c(OC(=O)/C(C)=C/C)c3)c(C(F)(F)F)c2)cc1OC(=O)/C(C)=C/C. The van der Waals surface area contributed by atoms with Crippen molar-refractivity contribution in [1.82, 2.24) is 0 Å². The molecule has 0 spiro atoms. The summed E-state index contributed by atoms with van der Waals surface area (Å²) in [4.78, 5) is 49.5. The number of hydrogen-bond donors (Lipinski definition) is 0. The molecule has 8 nitrogen and oxygen atoms in total. The second-order valence-electron chi connectivity index (χ2n) is 10.6. The highest BCUT2D eigenvalue weighted by molar-refractivity contribution is 5.93. The Morgan fingerprint density at radius 2 is 0.938 bits per heavy atom. The van der Waals surface area contributed by atoms with E-state index in [0.29, 0.717) is 0 Å². The number of carbonyl (C=O) groups is 4. The van der Waals surface area contributed by atoms with Crippen molar-refractivity contribution < 1.29 is 51.3 Å². The highest BCUT2D eigenvalue weighted by atomic mass is 19.4. The first-order chi connectivity index (χ1) is 22.5. The number of esters is 4. The van der Waals surface area contributed by atoms with Gasteiger partial charge in [-0.2, -0.15) is 13.2 Å². The number of rotatable bonds is 10. The second kappa shape index (κ2) is 15.3. The fourth-order valence-corrected chi connectivity index (χ4v) is 3.87. The van der Waals surface area contributed by atoms with E-state index in [9.17, 15) is 32.3 Å². The Labute approximate surface area is 275 Å². The monoisotopic (exact) mass is 662 g/mol. The zero-order chi connectivity index (χ0) is 35.9. The number of ether oxygens (including phenoxy) is 4. The molecule has 0 radical (unpaired) electrons. The number of hydrogen-bond acceptors (Lipinski definition) is 8. The lowest BCUT2D eigenvalue weighted by molar-refractivity contribution is -0.137. The summed E-state index contributed by atoms with van der Waals surface area (Å²) in [5.74, 6) is -4.00. The smallest absolute Gasteiger partial charge is 0.417 e. The van der Waals surface area contributed by atoms with Crippen LogP contribution in [0.15, 0.2) is 102 Å². The third-order valence-electron chi connectivity index (χ3n) is 6.87. The molecule has 0 N–H and O–H groups in total. The van der Waals surface area contributed by atoms with Gasteiger partial charge >= 0.3 is 30.1 Å². The highest BCUT2D eigenvalue weighted by Crippen LogP contribution is 2.43. The summed E-state index contributed by atoms with van der Waals surface area (Å²) in [5, 5.41) is 0. The molecule has 0 heterocycles. The van der Waals surface area contributed by atoms with Gasteiger partial charge in [0.15, 0.2) is 23.0 Å². The van der Waals surface area contributed by atoms with Crippen LogP contribution < -0.4 is 18.9 Å². The Bertz CT molecular complexity index is 1880. The van der Waals surface area contributed by atoms with E-state index in [0.717, 1.165) is 12.1 Å². The average Bonchev–Trinajstić information content (AvgIpc) is 3.04. The Morgan fingerprint density at radius 3 is 1.35 bits per heavy atom. The van der Waals surface area contributed by atoms with Gasteiger partial charge in [0.2, 0.25) is 0 Å². The van der Waals surface area contributed by atoms with Crippen molar-refractivity contribution in [3.05, 3.63) is 108 Å². The fourth-order valence-electron chi connectivity index (χ4n) is 3.87. The summed E-state index contributed by atoms with van der Waals surface area (Å²) in [6, 6.07) is 11.2. The zero-order valence-electron chi connectivity index (χ0n) is 27.2. The molecular weight excluding hydrogens is 629 g/mol. The first-order valence-electron chi connectivity index (χ1n) is 14.4. The molecular formula is C37H33F3O8. The molecule has 48 heavy (non-hydrogen) atoms.